The lowest BCUT2D eigenvalue weighted by atomic mass is 10.4. The van der Waals surface area contributed by atoms with Gasteiger partial charge in [0.1, 0.15) is 0 Å². The van der Waals surface area contributed by atoms with Crippen molar-refractivity contribution in [3.05, 3.63) is 22.6 Å². The van der Waals surface area contributed by atoms with Crippen molar-refractivity contribution in [1.29, 1.82) is 0 Å². The van der Waals surface area contributed by atoms with E-state index in [9.17, 15) is 9.59 Å². The van der Waals surface area contributed by atoms with Crippen LogP contribution < -0.4 is 10.9 Å². The third-order valence-corrected chi connectivity index (χ3v) is 2.29. The Bertz CT molecular complexity index is 439. The average molecular weight is 238 g/mol. The summed E-state index contributed by atoms with van der Waals surface area (Å²) in [4.78, 5) is 24.5. The number of anilines is 1. The Labute approximate surface area is 100 Å². The Kier molecular flexibility index (Phi) is 4.68. The van der Waals surface area contributed by atoms with Gasteiger partial charge in [-0.1, -0.05) is 0 Å². The summed E-state index contributed by atoms with van der Waals surface area (Å²) in [5.74, 6) is -0.0190. The summed E-state index contributed by atoms with van der Waals surface area (Å²) in [5, 5.41) is 7.01. The van der Waals surface area contributed by atoms with E-state index in [2.05, 4.69) is 10.4 Å². The molecule has 0 radical (unpaired) electrons. The molecule has 0 bridgehead atoms. The Morgan fingerprint density at radius 3 is 2.76 bits per heavy atom. The number of carbonyl (C=O) groups excluding carboxylic acids is 1. The average Bonchev–Trinajstić information content (AvgIpc) is 2.27. The van der Waals surface area contributed by atoms with Crippen molar-refractivity contribution < 1.29 is 4.79 Å². The second-order valence-electron chi connectivity index (χ2n) is 3.87. The van der Waals surface area contributed by atoms with Crippen molar-refractivity contribution in [2.75, 3.05) is 26.0 Å². The zero-order valence-electron chi connectivity index (χ0n) is 10.4. The van der Waals surface area contributed by atoms with Crippen LogP contribution in [-0.2, 0) is 11.3 Å². The summed E-state index contributed by atoms with van der Waals surface area (Å²) in [5.41, 5.74) is 0.502. The third-order valence-electron chi connectivity index (χ3n) is 2.29. The topological polar surface area (TPSA) is 67.2 Å². The molecule has 1 N–H and O–H groups in total. The van der Waals surface area contributed by atoms with Crippen molar-refractivity contribution in [3.63, 3.8) is 0 Å². The van der Waals surface area contributed by atoms with Gasteiger partial charge in [0.25, 0.3) is 5.56 Å². The molecular weight excluding hydrogens is 220 g/mol. The van der Waals surface area contributed by atoms with Gasteiger partial charge in [-0.3, -0.25) is 9.59 Å². The first-order valence-corrected chi connectivity index (χ1v) is 5.55. The summed E-state index contributed by atoms with van der Waals surface area (Å²) in [7, 11) is 3.37. The number of aromatic nitrogens is 2. The molecule has 0 aliphatic rings. The molecule has 1 heterocycles. The van der Waals surface area contributed by atoms with Gasteiger partial charge in [0.2, 0.25) is 5.91 Å². The molecule has 0 aliphatic heterocycles. The van der Waals surface area contributed by atoms with Crippen molar-refractivity contribution in [1.82, 2.24) is 14.7 Å². The van der Waals surface area contributed by atoms with Crippen LogP contribution in [0, 0.1) is 0 Å². The summed E-state index contributed by atoms with van der Waals surface area (Å²) in [6.45, 7) is 2.99. The predicted molar refractivity (Wildman–Crippen MR) is 66.0 cm³/mol. The van der Waals surface area contributed by atoms with E-state index in [1.165, 1.54) is 15.6 Å². The molecule has 0 saturated carbocycles. The SMILES string of the molecule is CCNc1cnn(CCC(=O)N(C)C)c(=O)c1. The number of hydrogen-bond acceptors (Lipinski definition) is 4. The number of hydrogen-bond donors (Lipinski definition) is 1. The number of nitrogens with zero attached hydrogens (tertiary/aromatic N) is 3. The lowest BCUT2D eigenvalue weighted by Crippen LogP contribution is -2.27. The second-order valence-corrected chi connectivity index (χ2v) is 3.87. The van der Waals surface area contributed by atoms with Gasteiger partial charge < -0.3 is 10.2 Å². The minimum Gasteiger partial charge on any atom is -0.384 e. The Hall–Kier alpha value is -1.85. The van der Waals surface area contributed by atoms with Gasteiger partial charge in [-0.2, -0.15) is 5.10 Å². The maximum absolute atomic E-state index is 11.6. The molecule has 0 spiro atoms. The van der Waals surface area contributed by atoms with Gasteiger partial charge >= 0.3 is 0 Å². The highest BCUT2D eigenvalue weighted by Crippen LogP contribution is 1.99. The first-order valence-electron chi connectivity index (χ1n) is 5.55. The molecule has 0 fully saturated rings. The van der Waals surface area contributed by atoms with Crippen LogP contribution in [0.3, 0.4) is 0 Å². The van der Waals surface area contributed by atoms with E-state index in [1.54, 1.807) is 20.3 Å². The van der Waals surface area contributed by atoms with Crippen LogP contribution in [-0.4, -0.2) is 41.2 Å². The molecule has 1 aromatic rings. The quantitative estimate of drug-likeness (QED) is 0.793. The van der Waals surface area contributed by atoms with Crippen LogP contribution in [0.5, 0.6) is 0 Å². The smallest absolute Gasteiger partial charge is 0.268 e. The first-order chi connectivity index (χ1) is 8.04. The van der Waals surface area contributed by atoms with Gasteiger partial charge in [-0.25, -0.2) is 4.68 Å². The zero-order chi connectivity index (χ0) is 12.8. The highest BCUT2D eigenvalue weighted by molar-refractivity contribution is 5.75. The van der Waals surface area contributed by atoms with Gasteiger partial charge in [-0.05, 0) is 6.92 Å². The molecule has 1 amide bonds. The van der Waals surface area contributed by atoms with Crippen molar-refractivity contribution >= 4 is 11.6 Å². The van der Waals surface area contributed by atoms with E-state index in [4.69, 9.17) is 0 Å². The minimum absolute atomic E-state index is 0.0190. The van der Waals surface area contributed by atoms with Gasteiger partial charge in [0.15, 0.2) is 0 Å². The Morgan fingerprint density at radius 1 is 1.53 bits per heavy atom. The molecule has 6 heteroatoms. The molecule has 94 valence electrons. The van der Waals surface area contributed by atoms with E-state index in [-0.39, 0.29) is 17.9 Å². The highest BCUT2D eigenvalue weighted by atomic mass is 16.2. The maximum Gasteiger partial charge on any atom is 0.268 e. The Balaban J connectivity index is 2.67. The summed E-state index contributed by atoms with van der Waals surface area (Å²) in [6, 6.07) is 1.48. The second kappa shape index (κ2) is 6.03. The molecule has 17 heavy (non-hydrogen) atoms. The van der Waals surface area contributed by atoms with Gasteiger partial charge in [0, 0.05) is 33.1 Å². The summed E-state index contributed by atoms with van der Waals surface area (Å²) >= 11 is 0. The van der Waals surface area contributed by atoms with Crippen molar-refractivity contribution in [2.45, 2.75) is 19.9 Å². The predicted octanol–water partition coefficient (Wildman–Crippen LogP) is 0.153. The van der Waals surface area contributed by atoms with E-state index in [0.29, 0.717) is 12.2 Å². The number of carbonyl (C=O) groups is 1. The lowest BCUT2D eigenvalue weighted by Gasteiger charge is -2.10. The maximum atomic E-state index is 11.6. The zero-order valence-corrected chi connectivity index (χ0v) is 10.4. The summed E-state index contributed by atoms with van der Waals surface area (Å²) in [6.07, 6.45) is 1.87. The highest BCUT2D eigenvalue weighted by Gasteiger charge is 2.06. The van der Waals surface area contributed by atoms with E-state index in [0.717, 1.165) is 6.54 Å². The fourth-order valence-electron chi connectivity index (χ4n) is 1.33. The van der Waals surface area contributed by atoms with Crippen LogP contribution in [0.25, 0.3) is 0 Å². The van der Waals surface area contributed by atoms with Crippen LogP contribution in [0.2, 0.25) is 0 Å². The lowest BCUT2D eigenvalue weighted by molar-refractivity contribution is -0.128. The third kappa shape index (κ3) is 3.90. The first kappa shape index (κ1) is 13.2. The number of rotatable bonds is 5. The van der Waals surface area contributed by atoms with Crippen molar-refractivity contribution in [3.8, 4) is 0 Å². The van der Waals surface area contributed by atoms with Gasteiger partial charge in [-0.15, -0.1) is 0 Å². The fraction of sp³-hybridized carbons (Fsp3) is 0.545. The molecule has 0 saturated heterocycles. The number of aryl methyl sites for hydroxylation is 1. The van der Waals surface area contributed by atoms with Crippen LogP contribution in [0.15, 0.2) is 17.1 Å². The van der Waals surface area contributed by atoms with E-state index in [1.807, 2.05) is 6.92 Å². The van der Waals surface area contributed by atoms with Crippen LogP contribution >= 0.6 is 0 Å². The molecule has 0 atom stereocenters. The van der Waals surface area contributed by atoms with Crippen LogP contribution in [0.1, 0.15) is 13.3 Å². The summed E-state index contributed by atoms with van der Waals surface area (Å²) < 4.78 is 1.29. The molecule has 1 aromatic heterocycles. The largest absolute Gasteiger partial charge is 0.384 e. The van der Waals surface area contributed by atoms with E-state index < -0.39 is 0 Å². The monoisotopic (exact) mass is 238 g/mol. The minimum atomic E-state index is -0.199. The Morgan fingerprint density at radius 2 is 2.24 bits per heavy atom. The molecule has 1 rings (SSSR count). The number of nitrogens with one attached hydrogen (secondary N) is 1. The normalized spacial score (nSPS) is 10.1. The van der Waals surface area contributed by atoms with E-state index >= 15 is 0 Å². The molecule has 0 aliphatic carbocycles. The molecular formula is C11H18N4O2. The standard InChI is InChI=1S/C11H18N4O2/c1-4-12-9-7-11(17)15(13-8-9)6-5-10(16)14(2)3/h7-8,12H,4-6H2,1-3H3. The molecule has 0 unspecified atom stereocenters. The van der Waals surface area contributed by atoms with Crippen molar-refractivity contribution in [2.24, 2.45) is 0 Å². The number of amides is 1. The van der Waals surface area contributed by atoms with Crippen LogP contribution in [0.4, 0.5) is 5.69 Å². The molecule has 0 aromatic carbocycles. The molecule has 6 nitrogen and oxygen atoms in total. The fourth-order valence-corrected chi connectivity index (χ4v) is 1.33. The van der Waals surface area contributed by atoms with Gasteiger partial charge in [0.05, 0.1) is 18.4 Å².